The molecule has 1 aromatic heterocycles. The van der Waals surface area contributed by atoms with Crippen molar-refractivity contribution in [3.8, 4) is 0 Å². The standard InChI is InChI=1S/C12H17N3O3S/c1-3-19(17,18)13-8-9-15-11-7-5-4-6-10(11)14(2)12(15)16/h4-7,13H,3,8-9H2,1-2H3. The average molecular weight is 283 g/mol. The van der Waals surface area contributed by atoms with Crippen molar-refractivity contribution in [1.82, 2.24) is 13.9 Å². The fourth-order valence-electron chi connectivity index (χ4n) is 1.99. The minimum absolute atomic E-state index is 0.0391. The highest BCUT2D eigenvalue weighted by molar-refractivity contribution is 7.89. The molecule has 0 unspecified atom stereocenters. The number of benzene rings is 1. The van der Waals surface area contributed by atoms with Gasteiger partial charge in [-0.15, -0.1) is 0 Å². The van der Waals surface area contributed by atoms with Gasteiger partial charge in [-0.25, -0.2) is 17.9 Å². The first kappa shape index (κ1) is 13.8. The van der Waals surface area contributed by atoms with Crippen LogP contribution in [-0.2, 0) is 23.6 Å². The normalized spacial score (nSPS) is 12.1. The topological polar surface area (TPSA) is 73.1 Å². The van der Waals surface area contributed by atoms with Crippen molar-refractivity contribution in [3.05, 3.63) is 34.7 Å². The average Bonchev–Trinajstić information content (AvgIpc) is 2.64. The highest BCUT2D eigenvalue weighted by Gasteiger charge is 2.11. The fourth-order valence-corrected chi connectivity index (χ4v) is 2.60. The molecule has 2 rings (SSSR count). The van der Waals surface area contributed by atoms with Gasteiger partial charge in [0.2, 0.25) is 10.0 Å². The number of nitrogens with one attached hydrogen (secondary N) is 1. The molecule has 0 saturated carbocycles. The van der Waals surface area contributed by atoms with Crippen LogP contribution in [0.25, 0.3) is 11.0 Å². The van der Waals surface area contributed by atoms with Crippen molar-refractivity contribution in [2.75, 3.05) is 12.3 Å². The molecular weight excluding hydrogens is 266 g/mol. The first-order chi connectivity index (χ1) is 8.96. The monoisotopic (exact) mass is 283 g/mol. The Morgan fingerprint density at radius 3 is 2.47 bits per heavy atom. The van der Waals surface area contributed by atoms with Gasteiger partial charge in [0.05, 0.1) is 16.8 Å². The zero-order valence-electron chi connectivity index (χ0n) is 11.0. The van der Waals surface area contributed by atoms with Crippen molar-refractivity contribution in [2.24, 2.45) is 7.05 Å². The largest absolute Gasteiger partial charge is 0.328 e. The van der Waals surface area contributed by atoms with Gasteiger partial charge >= 0.3 is 5.69 Å². The third-order valence-electron chi connectivity index (χ3n) is 3.09. The summed E-state index contributed by atoms with van der Waals surface area (Å²) in [6.07, 6.45) is 0. The number of fused-ring (bicyclic) bond motifs is 1. The molecule has 0 spiro atoms. The number of hydrogen-bond donors (Lipinski definition) is 1. The summed E-state index contributed by atoms with van der Waals surface area (Å²) in [7, 11) is -1.52. The first-order valence-electron chi connectivity index (χ1n) is 6.08. The molecule has 104 valence electrons. The van der Waals surface area contributed by atoms with Gasteiger partial charge in [0, 0.05) is 20.1 Å². The lowest BCUT2D eigenvalue weighted by atomic mass is 10.3. The van der Waals surface area contributed by atoms with Crippen molar-refractivity contribution >= 4 is 21.1 Å². The summed E-state index contributed by atoms with van der Waals surface area (Å²) in [5, 5.41) is 0. The summed E-state index contributed by atoms with van der Waals surface area (Å²) in [6, 6.07) is 7.44. The van der Waals surface area contributed by atoms with E-state index >= 15 is 0 Å². The molecule has 0 radical (unpaired) electrons. The molecule has 6 nitrogen and oxygen atoms in total. The third kappa shape index (κ3) is 2.71. The van der Waals surface area contributed by atoms with E-state index in [9.17, 15) is 13.2 Å². The molecule has 0 bridgehead atoms. The van der Waals surface area contributed by atoms with Crippen LogP contribution in [0.4, 0.5) is 0 Å². The lowest BCUT2D eigenvalue weighted by Crippen LogP contribution is -2.32. The molecule has 0 aliphatic heterocycles. The van der Waals surface area contributed by atoms with Gasteiger partial charge in [-0.05, 0) is 19.1 Å². The van der Waals surface area contributed by atoms with Crippen molar-refractivity contribution < 1.29 is 8.42 Å². The molecule has 0 aliphatic carbocycles. The number of aryl methyl sites for hydroxylation is 1. The number of imidazole rings is 1. The van der Waals surface area contributed by atoms with Gasteiger partial charge < -0.3 is 0 Å². The van der Waals surface area contributed by atoms with Crippen LogP contribution in [0, 0.1) is 0 Å². The smallest absolute Gasteiger partial charge is 0.295 e. The van der Waals surface area contributed by atoms with E-state index in [1.54, 1.807) is 23.1 Å². The van der Waals surface area contributed by atoms with E-state index in [1.165, 1.54) is 0 Å². The number of rotatable bonds is 5. The quantitative estimate of drug-likeness (QED) is 0.856. The second kappa shape index (κ2) is 5.18. The first-order valence-corrected chi connectivity index (χ1v) is 7.73. The van der Waals surface area contributed by atoms with E-state index in [0.29, 0.717) is 6.54 Å². The van der Waals surface area contributed by atoms with Crippen LogP contribution >= 0.6 is 0 Å². The molecule has 0 aliphatic rings. The maximum Gasteiger partial charge on any atom is 0.328 e. The van der Waals surface area contributed by atoms with Crippen molar-refractivity contribution in [2.45, 2.75) is 13.5 Å². The molecule has 7 heteroatoms. The highest BCUT2D eigenvalue weighted by atomic mass is 32.2. The van der Waals surface area contributed by atoms with Gasteiger partial charge in [-0.3, -0.25) is 9.13 Å². The molecule has 2 aromatic rings. The van der Waals surface area contributed by atoms with Crippen LogP contribution in [-0.4, -0.2) is 29.8 Å². The van der Waals surface area contributed by atoms with Crippen LogP contribution in [0.5, 0.6) is 0 Å². The Bertz CT molecular complexity index is 743. The second-order valence-electron chi connectivity index (χ2n) is 4.28. The van der Waals surface area contributed by atoms with E-state index in [4.69, 9.17) is 0 Å². The minimum atomic E-state index is -3.22. The predicted molar refractivity (Wildman–Crippen MR) is 74.6 cm³/mol. The molecule has 1 aromatic carbocycles. The summed E-state index contributed by atoms with van der Waals surface area (Å²) >= 11 is 0. The van der Waals surface area contributed by atoms with Gasteiger partial charge in [0.15, 0.2) is 0 Å². The van der Waals surface area contributed by atoms with Crippen LogP contribution in [0.3, 0.4) is 0 Å². The Kier molecular flexibility index (Phi) is 3.77. The summed E-state index contributed by atoms with van der Waals surface area (Å²) in [5.74, 6) is 0.0391. The van der Waals surface area contributed by atoms with E-state index < -0.39 is 10.0 Å². The lowest BCUT2D eigenvalue weighted by Gasteiger charge is -2.05. The lowest BCUT2D eigenvalue weighted by molar-refractivity contribution is 0.572. The summed E-state index contributed by atoms with van der Waals surface area (Å²) in [6.45, 7) is 2.11. The molecule has 1 heterocycles. The summed E-state index contributed by atoms with van der Waals surface area (Å²) < 4.78 is 28.3. The zero-order chi connectivity index (χ0) is 14.0. The van der Waals surface area contributed by atoms with Gasteiger partial charge in [0.1, 0.15) is 0 Å². The molecule has 0 saturated heterocycles. The van der Waals surface area contributed by atoms with E-state index in [1.807, 2.05) is 24.3 Å². The molecule has 1 N–H and O–H groups in total. The van der Waals surface area contributed by atoms with Crippen LogP contribution < -0.4 is 10.4 Å². The van der Waals surface area contributed by atoms with Crippen molar-refractivity contribution in [1.29, 1.82) is 0 Å². The Morgan fingerprint density at radius 2 is 1.84 bits per heavy atom. The van der Waals surface area contributed by atoms with Gasteiger partial charge in [-0.2, -0.15) is 0 Å². The maximum absolute atomic E-state index is 12.1. The number of para-hydroxylation sites is 2. The zero-order valence-corrected chi connectivity index (χ0v) is 11.8. The highest BCUT2D eigenvalue weighted by Crippen LogP contribution is 2.10. The van der Waals surface area contributed by atoms with Crippen LogP contribution in [0.15, 0.2) is 29.1 Å². The second-order valence-corrected chi connectivity index (χ2v) is 6.38. The molecule has 0 fully saturated rings. The Labute approximate surface area is 111 Å². The third-order valence-corrected chi connectivity index (χ3v) is 4.49. The van der Waals surface area contributed by atoms with Crippen LogP contribution in [0.1, 0.15) is 6.92 Å². The predicted octanol–water partition coefficient (Wildman–Crippen LogP) is 0.279. The fraction of sp³-hybridized carbons (Fsp3) is 0.417. The van der Waals surface area contributed by atoms with Gasteiger partial charge in [0.25, 0.3) is 0 Å². The molecule has 0 atom stereocenters. The number of aromatic nitrogens is 2. The molecular formula is C12H17N3O3S. The number of nitrogens with zero attached hydrogens (tertiary/aromatic N) is 2. The number of hydrogen-bond acceptors (Lipinski definition) is 3. The Hall–Kier alpha value is -1.60. The maximum atomic E-state index is 12.1. The molecule has 0 amide bonds. The van der Waals surface area contributed by atoms with Gasteiger partial charge in [-0.1, -0.05) is 12.1 Å². The Morgan fingerprint density at radius 1 is 1.21 bits per heavy atom. The van der Waals surface area contributed by atoms with E-state index in [2.05, 4.69) is 4.72 Å². The number of sulfonamides is 1. The van der Waals surface area contributed by atoms with Crippen LogP contribution in [0.2, 0.25) is 0 Å². The Balaban J connectivity index is 2.27. The summed E-state index contributed by atoms with van der Waals surface area (Å²) in [4.78, 5) is 12.1. The minimum Gasteiger partial charge on any atom is -0.295 e. The van der Waals surface area contributed by atoms with E-state index in [-0.39, 0.29) is 18.0 Å². The summed E-state index contributed by atoms with van der Waals surface area (Å²) in [5.41, 5.74) is 1.51. The SMILES string of the molecule is CCS(=O)(=O)NCCn1c(=O)n(C)c2ccccc21. The van der Waals surface area contributed by atoms with Crippen molar-refractivity contribution in [3.63, 3.8) is 0 Å². The molecule has 19 heavy (non-hydrogen) atoms. The van der Waals surface area contributed by atoms with E-state index in [0.717, 1.165) is 11.0 Å².